The zero-order valence-corrected chi connectivity index (χ0v) is 42.3. The molecule has 0 aromatic heterocycles. The van der Waals surface area contributed by atoms with Crippen LogP contribution < -0.4 is 0 Å². The zero-order chi connectivity index (χ0) is 47.8. The van der Waals surface area contributed by atoms with Gasteiger partial charge in [-0.2, -0.15) is 0 Å². The molecule has 2 unspecified atom stereocenters. The lowest BCUT2D eigenvalue weighted by molar-refractivity contribution is -0.870. The molecule has 9 nitrogen and oxygen atoms in total. The largest absolute Gasteiger partial charge is 0.472 e. The van der Waals surface area contributed by atoms with Crippen molar-refractivity contribution in [3.63, 3.8) is 0 Å². The third-order valence-electron chi connectivity index (χ3n) is 9.73. The summed E-state index contributed by atoms with van der Waals surface area (Å²) in [7, 11) is 1.41. The van der Waals surface area contributed by atoms with Crippen LogP contribution in [0.4, 0.5) is 0 Å². The number of quaternary nitrogens is 1. The second-order valence-corrected chi connectivity index (χ2v) is 18.6. The summed E-state index contributed by atoms with van der Waals surface area (Å²) in [6.07, 6.45) is 64.1. The molecule has 65 heavy (non-hydrogen) atoms. The van der Waals surface area contributed by atoms with Crippen LogP contribution in [0.25, 0.3) is 0 Å². The lowest BCUT2D eigenvalue weighted by atomic mass is 10.1. The minimum Gasteiger partial charge on any atom is -0.462 e. The molecule has 2 atom stereocenters. The number of unbranched alkanes of at least 4 members (excludes halogenated alkanes) is 9. The van der Waals surface area contributed by atoms with Gasteiger partial charge in [0.15, 0.2) is 6.10 Å². The first kappa shape index (κ1) is 61.4. The Bertz CT molecular complexity index is 1510. The van der Waals surface area contributed by atoms with Gasteiger partial charge in [0.2, 0.25) is 0 Å². The Morgan fingerprint density at radius 1 is 0.492 bits per heavy atom. The number of hydrogen-bond acceptors (Lipinski definition) is 7. The van der Waals surface area contributed by atoms with Crippen molar-refractivity contribution in [1.29, 1.82) is 0 Å². The van der Waals surface area contributed by atoms with Crippen LogP contribution in [0.3, 0.4) is 0 Å². The Labute approximate surface area is 397 Å². The van der Waals surface area contributed by atoms with E-state index < -0.39 is 32.5 Å². The van der Waals surface area contributed by atoms with Crippen molar-refractivity contribution in [3.8, 4) is 0 Å². The van der Waals surface area contributed by atoms with Crippen molar-refractivity contribution in [2.45, 2.75) is 168 Å². The first-order chi connectivity index (χ1) is 31.5. The van der Waals surface area contributed by atoms with Crippen molar-refractivity contribution in [2.24, 2.45) is 0 Å². The summed E-state index contributed by atoms with van der Waals surface area (Å²) in [5.74, 6) is -0.892. The molecule has 0 aromatic carbocycles. The minimum atomic E-state index is -4.40. The molecule has 0 bridgehead atoms. The standard InChI is InChI=1S/C55H90NO8P/c1-6-8-10-12-14-16-18-20-21-22-23-24-25-26-27-28-29-30-31-32-33-34-35-36-38-40-42-44-46-48-55(58)64-53(52-63-65(59,60)62-50-49-56(3,4)5)51-61-54(57)47-45-43-41-39-37-19-17-15-13-11-9-7-2/h8,10,14-17,20-21,23-24,26-27,29-30,32-33,35-36,40,42,53H,6-7,9,11-13,18-19,22,25,28,31,34,37-39,41,43-52H2,1-5H3/p+1/b10-8-,16-14-,17-15-,21-20-,24-23-,27-26-,30-29-,33-32-,36-35-,42-40-. The Morgan fingerprint density at radius 3 is 1.37 bits per heavy atom. The number of hydrogen-bond donors (Lipinski definition) is 1. The number of ether oxygens (including phenoxy) is 2. The van der Waals surface area contributed by atoms with Gasteiger partial charge in [0.1, 0.15) is 19.8 Å². The van der Waals surface area contributed by atoms with Crippen molar-refractivity contribution in [2.75, 3.05) is 47.5 Å². The third-order valence-corrected chi connectivity index (χ3v) is 10.7. The topological polar surface area (TPSA) is 108 Å². The predicted octanol–water partition coefficient (Wildman–Crippen LogP) is 14.9. The lowest BCUT2D eigenvalue weighted by Gasteiger charge is -2.24. The molecule has 0 aliphatic heterocycles. The normalized spacial score (nSPS) is 14.5. The number of likely N-dealkylation sites (N-methyl/N-ethyl adjacent to an activating group) is 1. The van der Waals surface area contributed by atoms with E-state index in [1.807, 2.05) is 27.2 Å². The van der Waals surface area contributed by atoms with Crippen LogP contribution in [0.5, 0.6) is 0 Å². The molecule has 0 rings (SSSR count). The predicted molar refractivity (Wildman–Crippen MR) is 274 cm³/mol. The van der Waals surface area contributed by atoms with Crippen molar-refractivity contribution in [1.82, 2.24) is 0 Å². The number of esters is 2. The highest BCUT2D eigenvalue weighted by molar-refractivity contribution is 7.47. The maximum atomic E-state index is 12.7. The average Bonchev–Trinajstić information content (AvgIpc) is 3.26. The summed E-state index contributed by atoms with van der Waals surface area (Å²) in [5, 5.41) is 0. The van der Waals surface area contributed by atoms with Gasteiger partial charge in [-0.25, -0.2) is 4.57 Å². The van der Waals surface area contributed by atoms with Gasteiger partial charge in [0.05, 0.1) is 27.7 Å². The molecule has 1 N–H and O–H groups in total. The van der Waals surface area contributed by atoms with E-state index in [9.17, 15) is 19.0 Å². The first-order valence-electron chi connectivity index (χ1n) is 24.8. The number of phosphoric acid groups is 1. The molecular weight excluding hydrogens is 834 g/mol. The van der Waals surface area contributed by atoms with E-state index >= 15 is 0 Å². The Morgan fingerprint density at radius 2 is 0.892 bits per heavy atom. The summed E-state index contributed by atoms with van der Waals surface area (Å²) >= 11 is 0. The molecule has 0 radical (unpaired) electrons. The second kappa shape index (κ2) is 45.6. The summed E-state index contributed by atoms with van der Waals surface area (Å²) in [6.45, 7) is 4.18. The number of carbonyl (C=O) groups excluding carboxylic acids is 2. The highest BCUT2D eigenvalue weighted by atomic mass is 31.2. The monoisotopic (exact) mass is 925 g/mol. The minimum absolute atomic E-state index is 0.0125. The number of carbonyl (C=O) groups is 2. The fourth-order valence-electron chi connectivity index (χ4n) is 5.89. The molecule has 0 amide bonds. The maximum Gasteiger partial charge on any atom is 0.472 e. The van der Waals surface area contributed by atoms with Crippen LogP contribution in [0.1, 0.15) is 162 Å². The van der Waals surface area contributed by atoms with Crippen LogP contribution in [0.2, 0.25) is 0 Å². The van der Waals surface area contributed by atoms with E-state index in [2.05, 4.69) is 129 Å². The molecule has 0 aromatic rings. The second-order valence-electron chi connectivity index (χ2n) is 17.1. The molecular formula is C55H91NO8P+. The summed E-state index contributed by atoms with van der Waals surface area (Å²) in [6, 6.07) is 0. The smallest absolute Gasteiger partial charge is 0.462 e. The third kappa shape index (κ3) is 49.7. The van der Waals surface area contributed by atoms with Gasteiger partial charge in [0.25, 0.3) is 0 Å². The summed E-state index contributed by atoms with van der Waals surface area (Å²) in [4.78, 5) is 35.4. The van der Waals surface area contributed by atoms with Crippen molar-refractivity contribution < 1.29 is 42.1 Å². The molecule has 10 heteroatoms. The van der Waals surface area contributed by atoms with Crippen LogP contribution >= 0.6 is 7.82 Å². The SMILES string of the molecule is CC/C=C\C/C=C\C/C=C\C/C=C\C/C=C\C/C=C\C/C=C\C/C=C\C/C=C\CCCC(=O)OC(COC(=O)CCCCCCC/C=C\CCCCC)COP(=O)(O)OCC[N+](C)(C)C. The van der Waals surface area contributed by atoms with Crippen LogP contribution in [0, 0.1) is 0 Å². The highest BCUT2D eigenvalue weighted by Gasteiger charge is 2.27. The van der Waals surface area contributed by atoms with Crippen LogP contribution in [-0.2, 0) is 32.7 Å². The molecule has 0 saturated carbocycles. The van der Waals surface area contributed by atoms with E-state index in [1.165, 1.54) is 19.3 Å². The van der Waals surface area contributed by atoms with Crippen molar-refractivity contribution >= 4 is 19.8 Å². The Kier molecular flexibility index (Phi) is 43.0. The van der Waals surface area contributed by atoms with E-state index in [0.717, 1.165) is 96.3 Å². The maximum absolute atomic E-state index is 12.7. The first-order valence-corrected chi connectivity index (χ1v) is 26.3. The number of phosphoric ester groups is 1. The van der Waals surface area contributed by atoms with Gasteiger partial charge in [-0.1, -0.05) is 167 Å². The number of rotatable bonds is 43. The lowest BCUT2D eigenvalue weighted by Crippen LogP contribution is -2.37. The average molecular weight is 925 g/mol. The molecule has 0 aliphatic rings. The van der Waals surface area contributed by atoms with E-state index in [-0.39, 0.29) is 26.1 Å². The molecule has 0 heterocycles. The van der Waals surface area contributed by atoms with Crippen LogP contribution in [-0.4, -0.2) is 74.9 Å². The highest BCUT2D eigenvalue weighted by Crippen LogP contribution is 2.43. The number of allylic oxidation sites excluding steroid dienone is 20. The van der Waals surface area contributed by atoms with Gasteiger partial charge in [-0.05, 0) is 103 Å². The molecule has 368 valence electrons. The van der Waals surface area contributed by atoms with E-state index in [0.29, 0.717) is 30.3 Å². The molecule has 0 spiro atoms. The van der Waals surface area contributed by atoms with Gasteiger partial charge in [-0.15, -0.1) is 0 Å². The fraction of sp³-hybridized carbons (Fsp3) is 0.600. The Balaban J connectivity index is 4.39. The van der Waals surface area contributed by atoms with Gasteiger partial charge < -0.3 is 18.9 Å². The van der Waals surface area contributed by atoms with E-state index in [4.69, 9.17) is 18.5 Å². The molecule has 0 aliphatic carbocycles. The van der Waals surface area contributed by atoms with Crippen LogP contribution in [0.15, 0.2) is 122 Å². The van der Waals surface area contributed by atoms with Gasteiger partial charge >= 0.3 is 19.8 Å². The quantitative estimate of drug-likeness (QED) is 0.0212. The molecule has 0 saturated heterocycles. The zero-order valence-electron chi connectivity index (χ0n) is 41.4. The van der Waals surface area contributed by atoms with Gasteiger partial charge in [0, 0.05) is 12.8 Å². The summed E-state index contributed by atoms with van der Waals surface area (Å²) in [5.41, 5.74) is 0. The summed E-state index contributed by atoms with van der Waals surface area (Å²) < 4.78 is 34.3. The fourth-order valence-corrected chi connectivity index (χ4v) is 6.63. The molecule has 0 fully saturated rings. The number of nitrogens with zero attached hydrogens (tertiary/aromatic N) is 1. The van der Waals surface area contributed by atoms with Gasteiger partial charge in [-0.3, -0.25) is 18.6 Å². The van der Waals surface area contributed by atoms with E-state index in [1.54, 1.807) is 0 Å². The van der Waals surface area contributed by atoms with Crippen molar-refractivity contribution in [3.05, 3.63) is 122 Å². The Hall–Kier alpha value is -3.59.